The molecule has 3 aliphatic heterocycles. The average Bonchev–Trinajstić information content (AvgIpc) is 3.64. The molecule has 2 amide bonds. The highest BCUT2D eigenvalue weighted by atomic mass is 19.4. The summed E-state index contributed by atoms with van der Waals surface area (Å²) >= 11 is 0. The first-order valence-corrected chi connectivity index (χ1v) is 17.2. The molecule has 51 heavy (non-hydrogen) atoms. The van der Waals surface area contributed by atoms with Crippen molar-refractivity contribution in [2.45, 2.75) is 76.6 Å². The number of carbonyl (C=O) groups is 2. The van der Waals surface area contributed by atoms with Gasteiger partial charge in [0.25, 0.3) is 0 Å². The molecule has 0 spiro atoms. The fourth-order valence-corrected chi connectivity index (χ4v) is 7.22. The number of benzene rings is 3. The molecule has 13 heteroatoms. The third-order valence-electron chi connectivity index (χ3n) is 10.1. The van der Waals surface area contributed by atoms with E-state index < -0.39 is 30.3 Å². The Morgan fingerprint density at radius 2 is 1.57 bits per heavy atom. The predicted molar refractivity (Wildman–Crippen MR) is 181 cm³/mol. The number of hydrogen-bond acceptors (Lipinski definition) is 8. The maximum atomic E-state index is 13.0. The first-order chi connectivity index (χ1) is 24.5. The summed E-state index contributed by atoms with van der Waals surface area (Å²) < 4.78 is 63.5. The van der Waals surface area contributed by atoms with E-state index in [9.17, 15) is 27.9 Å². The van der Waals surface area contributed by atoms with Gasteiger partial charge in [-0.2, -0.15) is 13.2 Å². The van der Waals surface area contributed by atoms with Gasteiger partial charge in [0.2, 0.25) is 5.91 Å². The molecule has 2 N–H and O–H groups in total. The number of likely N-dealkylation sites (tertiary alicyclic amines) is 1. The van der Waals surface area contributed by atoms with E-state index in [1.165, 1.54) is 11.1 Å². The van der Waals surface area contributed by atoms with E-state index in [4.69, 9.17) is 18.9 Å². The molecule has 274 valence electrons. The number of amides is 2. The monoisotopic (exact) mass is 711 g/mol. The second kappa shape index (κ2) is 15.6. The molecule has 6 rings (SSSR count). The van der Waals surface area contributed by atoms with Gasteiger partial charge in [0.1, 0.15) is 6.04 Å². The number of alkyl halides is 3. The number of nitrogens with one attached hydrogen (secondary N) is 1. The minimum Gasteiger partial charge on any atom is -0.493 e. The van der Waals surface area contributed by atoms with E-state index in [2.05, 4.69) is 23.2 Å². The molecule has 3 heterocycles. The molecule has 3 aromatic rings. The number of nitrogens with zero attached hydrogens (tertiary/aromatic N) is 2. The third kappa shape index (κ3) is 8.17. The summed E-state index contributed by atoms with van der Waals surface area (Å²) in [6.45, 7) is 4.29. The van der Waals surface area contributed by atoms with Crippen LogP contribution in [0.4, 0.5) is 13.2 Å². The lowest BCUT2D eigenvalue weighted by Gasteiger charge is -2.43. The number of halogens is 3. The largest absolute Gasteiger partial charge is 0.493 e. The van der Waals surface area contributed by atoms with E-state index in [0.717, 1.165) is 47.5 Å². The summed E-state index contributed by atoms with van der Waals surface area (Å²) in [4.78, 5) is 27.6. The van der Waals surface area contributed by atoms with E-state index in [1.807, 2.05) is 54.6 Å². The van der Waals surface area contributed by atoms with E-state index in [0.29, 0.717) is 23.6 Å². The van der Waals surface area contributed by atoms with Gasteiger partial charge in [0.15, 0.2) is 17.8 Å². The molecule has 3 aromatic carbocycles. The summed E-state index contributed by atoms with van der Waals surface area (Å²) in [6.07, 6.45) is -4.84. The van der Waals surface area contributed by atoms with Crippen molar-refractivity contribution in [1.82, 2.24) is 15.1 Å². The number of fused-ring (bicyclic) bond motifs is 1. The van der Waals surface area contributed by atoms with Gasteiger partial charge in [0, 0.05) is 44.2 Å². The Balaban J connectivity index is 1.15. The molecule has 2 saturated heterocycles. The second-order valence-corrected chi connectivity index (χ2v) is 13.4. The van der Waals surface area contributed by atoms with E-state index in [-0.39, 0.29) is 44.2 Å². The van der Waals surface area contributed by atoms with Crippen LogP contribution in [-0.2, 0) is 45.2 Å². The molecule has 10 nitrogen and oxygen atoms in total. The minimum absolute atomic E-state index is 0.0121. The quantitative estimate of drug-likeness (QED) is 0.295. The summed E-state index contributed by atoms with van der Waals surface area (Å²) in [5.74, 6) is -1.20. The number of carbonyl (C=O) groups excluding carboxylic acids is 2. The zero-order valence-corrected chi connectivity index (χ0v) is 28.9. The van der Waals surface area contributed by atoms with Gasteiger partial charge < -0.3 is 34.3 Å². The molecule has 0 aliphatic carbocycles. The highest BCUT2D eigenvalue weighted by Crippen LogP contribution is 2.42. The third-order valence-corrected chi connectivity index (χ3v) is 10.1. The SMILES string of the molecule is COc1cc2c(cc1OC)CN(C[C@H]1O[C@@H](c3ccc(CNC(=O)[C@@H]4CCCN4C(=O)C(F)(F)F)cc3)O[C@@H](c3ccc(CO)cc3)[C@H]1C)CC2. The lowest BCUT2D eigenvalue weighted by Crippen LogP contribution is -2.50. The first-order valence-electron chi connectivity index (χ1n) is 17.2. The van der Waals surface area contributed by atoms with E-state index >= 15 is 0 Å². The summed E-state index contributed by atoms with van der Waals surface area (Å²) in [5, 5.41) is 12.3. The van der Waals surface area contributed by atoms with Crippen LogP contribution in [0.1, 0.15) is 65.5 Å². The van der Waals surface area contributed by atoms with Crippen LogP contribution in [0.2, 0.25) is 0 Å². The van der Waals surface area contributed by atoms with Gasteiger partial charge in [-0.05, 0) is 59.2 Å². The van der Waals surface area contributed by atoms with Crippen LogP contribution in [0.15, 0.2) is 60.7 Å². The Morgan fingerprint density at radius 3 is 2.22 bits per heavy atom. The fourth-order valence-electron chi connectivity index (χ4n) is 7.22. The zero-order valence-electron chi connectivity index (χ0n) is 28.9. The van der Waals surface area contributed by atoms with E-state index in [1.54, 1.807) is 14.2 Å². The Bertz CT molecular complexity index is 1690. The summed E-state index contributed by atoms with van der Waals surface area (Å²) in [7, 11) is 3.27. The predicted octanol–water partition coefficient (Wildman–Crippen LogP) is 5.22. The number of aliphatic hydroxyl groups is 1. The Kier molecular flexibility index (Phi) is 11.2. The van der Waals surface area contributed by atoms with Crippen molar-refractivity contribution in [2.24, 2.45) is 5.92 Å². The molecule has 0 bridgehead atoms. The van der Waals surface area contributed by atoms with Crippen LogP contribution in [0, 0.1) is 5.92 Å². The highest BCUT2D eigenvalue weighted by Gasteiger charge is 2.47. The Labute approximate surface area is 295 Å². The van der Waals surface area contributed by atoms with Gasteiger partial charge in [-0.15, -0.1) is 0 Å². The van der Waals surface area contributed by atoms with Crippen molar-refractivity contribution in [1.29, 1.82) is 0 Å². The van der Waals surface area contributed by atoms with Crippen LogP contribution < -0.4 is 14.8 Å². The molecule has 0 unspecified atom stereocenters. The number of methoxy groups -OCH3 is 2. The van der Waals surface area contributed by atoms with Gasteiger partial charge in [0.05, 0.1) is 33.0 Å². The fraction of sp³-hybridized carbons (Fsp3) is 0.474. The first kappa shape index (κ1) is 36.6. The topological polar surface area (TPSA) is 110 Å². The maximum Gasteiger partial charge on any atom is 0.471 e. The smallest absolute Gasteiger partial charge is 0.471 e. The number of aliphatic hydroxyl groups excluding tert-OH is 1. The van der Waals surface area contributed by atoms with Crippen LogP contribution in [0.25, 0.3) is 0 Å². The minimum atomic E-state index is -5.03. The molecule has 2 fully saturated rings. The normalized spacial score (nSPS) is 23.8. The molecular weight excluding hydrogens is 667 g/mol. The van der Waals surface area contributed by atoms with Gasteiger partial charge in [-0.25, -0.2) is 0 Å². The van der Waals surface area contributed by atoms with Crippen molar-refractivity contribution in [3.63, 3.8) is 0 Å². The number of ether oxygens (including phenoxy) is 4. The van der Waals surface area contributed by atoms with Gasteiger partial charge in [-0.3, -0.25) is 14.5 Å². The average molecular weight is 712 g/mol. The van der Waals surface area contributed by atoms with Crippen LogP contribution in [0.3, 0.4) is 0 Å². The standard InChI is InChI=1S/C38H44F3N3O7/c1-23-33(21-43-16-14-28-17-31(48-2)32(49-3)18-29(28)20-43)50-36(51-34(23)26-10-8-25(22-45)9-11-26)27-12-6-24(7-13-27)19-42-35(46)30-5-4-15-44(30)37(47)38(39,40)41/h6-13,17-18,23,30,33-34,36,45H,4-5,14-16,19-22H2,1-3H3,(H,42,46)/t23-,30-,33+,34+,36+/m0/s1. The van der Waals surface area contributed by atoms with Crippen LogP contribution >= 0.6 is 0 Å². The molecular formula is C38H44F3N3O7. The molecule has 0 saturated carbocycles. The summed E-state index contributed by atoms with van der Waals surface area (Å²) in [6, 6.07) is 18.0. The molecule has 3 aliphatic rings. The lowest BCUT2D eigenvalue weighted by molar-refractivity contribution is -0.276. The second-order valence-electron chi connectivity index (χ2n) is 13.4. The lowest BCUT2D eigenvalue weighted by atomic mass is 9.89. The Hall–Kier alpha value is -4.17. The van der Waals surface area contributed by atoms with Crippen LogP contribution in [0.5, 0.6) is 11.5 Å². The van der Waals surface area contributed by atoms with Crippen molar-refractivity contribution >= 4 is 11.8 Å². The molecule has 0 aromatic heterocycles. The maximum absolute atomic E-state index is 13.0. The highest BCUT2D eigenvalue weighted by molar-refractivity contribution is 5.90. The Morgan fingerprint density at radius 1 is 0.922 bits per heavy atom. The van der Waals surface area contributed by atoms with Crippen LogP contribution in [-0.4, -0.2) is 78.9 Å². The van der Waals surface area contributed by atoms with Crippen molar-refractivity contribution in [3.8, 4) is 11.5 Å². The van der Waals surface area contributed by atoms with Gasteiger partial charge >= 0.3 is 12.1 Å². The summed E-state index contributed by atoms with van der Waals surface area (Å²) in [5.41, 5.74) is 5.70. The van der Waals surface area contributed by atoms with Crippen molar-refractivity contribution in [2.75, 3.05) is 33.9 Å². The van der Waals surface area contributed by atoms with Gasteiger partial charge in [-0.1, -0.05) is 55.5 Å². The molecule has 0 radical (unpaired) electrons. The van der Waals surface area contributed by atoms with Crippen molar-refractivity contribution < 1.29 is 46.8 Å². The number of hydrogen-bond donors (Lipinski definition) is 2. The number of rotatable bonds is 10. The van der Waals surface area contributed by atoms with Crippen molar-refractivity contribution in [3.05, 3.63) is 94.0 Å². The zero-order chi connectivity index (χ0) is 36.3. The molecule has 5 atom stereocenters.